The molecule has 1 atom stereocenters. The first-order chi connectivity index (χ1) is 8.15. The number of nitrogens with zero attached hydrogens (tertiary/aromatic N) is 1. The van der Waals surface area contributed by atoms with E-state index in [9.17, 15) is 4.79 Å². The van der Waals surface area contributed by atoms with Crippen LogP contribution in [0.1, 0.15) is 19.3 Å². The van der Waals surface area contributed by atoms with Crippen LogP contribution in [0.5, 0.6) is 0 Å². The van der Waals surface area contributed by atoms with E-state index in [2.05, 4.69) is 33.2 Å². The highest BCUT2D eigenvalue weighted by atomic mass is 79.9. The van der Waals surface area contributed by atoms with E-state index in [1.807, 2.05) is 24.3 Å². The molecule has 1 N–H and O–H groups in total. The number of hydrogen-bond donors (Lipinski definition) is 1. The summed E-state index contributed by atoms with van der Waals surface area (Å²) in [5.41, 5.74) is 0.860. The topological polar surface area (TPSA) is 32.3 Å². The third kappa shape index (κ3) is 3.54. The molecule has 1 aliphatic heterocycles. The third-order valence-corrected chi connectivity index (χ3v) is 3.75. The lowest BCUT2D eigenvalue weighted by Gasteiger charge is -2.18. The summed E-state index contributed by atoms with van der Waals surface area (Å²) >= 11 is 3.37. The number of nitrogens with one attached hydrogen (secondary N) is 1. The van der Waals surface area contributed by atoms with Crippen LogP contribution in [0.15, 0.2) is 28.7 Å². The molecule has 1 aliphatic rings. The van der Waals surface area contributed by atoms with E-state index >= 15 is 0 Å². The molecule has 0 spiro atoms. The summed E-state index contributed by atoms with van der Waals surface area (Å²) in [6, 6.07) is 8.07. The third-order valence-electron chi connectivity index (χ3n) is 3.22. The Morgan fingerprint density at radius 1 is 1.47 bits per heavy atom. The van der Waals surface area contributed by atoms with Crippen molar-refractivity contribution in [2.75, 3.05) is 18.9 Å². The van der Waals surface area contributed by atoms with E-state index < -0.39 is 0 Å². The van der Waals surface area contributed by atoms with Crippen molar-refractivity contribution >= 4 is 27.5 Å². The van der Waals surface area contributed by atoms with Crippen molar-refractivity contribution in [3.05, 3.63) is 28.7 Å². The lowest BCUT2D eigenvalue weighted by molar-refractivity contribution is -0.117. The smallest absolute Gasteiger partial charge is 0.225 e. The highest BCUT2D eigenvalue weighted by Crippen LogP contribution is 2.19. The van der Waals surface area contributed by atoms with Crippen LogP contribution in [0, 0.1) is 0 Å². The molecular weight excluding hydrogens is 280 g/mol. The maximum atomic E-state index is 11.8. The summed E-state index contributed by atoms with van der Waals surface area (Å²) in [7, 11) is 2.09. The van der Waals surface area contributed by atoms with E-state index in [-0.39, 0.29) is 5.91 Å². The SMILES string of the molecule is CN1CCCC1CC(=O)Nc1ccc(Br)cc1. The Bertz CT molecular complexity index is 391. The van der Waals surface area contributed by atoms with Gasteiger partial charge in [0.05, 0.1) is 0 Å². The highest BCUT2D eigenvalue weighted by molar-refractivity contribution is 9.10. The largest absolute Gasteiger partial charge is 0.326 e. The lowest BCUT2D eigenvalue weighted by atomic mass is 10.1. The van der Waals surface area contributed by atoms with Gasteiger partial charge in [-0.3, -0.25) is 4.79 Å². The first-order valence-electron chi connectivity index (χ1n) is 5.91. The molecule has 0 bridgehead atoms. The summed E-state index contributed by atoms with van der Waals surface area (Å²) in [5, 5.41) is 2.93. The Labute approximate surface area is 110 Å². The van der Waals surface area contributed by atoms with Crippen molar-refractivity contribution in [1.29, 1.82) is 0 Å². The number of hydrogen-bond acceptors (Lipinski definition) is 2. The molecule has 1 aromatic rings. The molecule has 92 valence electrons. The second kappa shape index (κ2) is 5.65. The van der Waals surface area contributed by atoms with Crippen LogP contribution in [-0.2, 0) is 4.79 Å². The van der Waals surface area contributed by atoms with Crippen LogP contribution in [0.25, 0.3) is 0 Å². The zero-order valence-corrected chi connectivity index (χ0v) is 11.5. The van der Waals surface area contributed by atoms with Gasteiger partial charge in [-0.25, -0.2) is 0 Å². The average Bonchev–Trinajstić information content (AvgIpc) is 2.68. The number of carbonyl (C=O) groups is 1. The van der Waals surface area contributed by atoms with Crippen molar-refractivity contribution < 1.29 is 4.79 Å². The minimum Gasteiger partial charge on any atom is -0.326 e. The van der Waals surface area contributed by atoms with Gasteiger partial charge in [0.1, 0.15) is 0 Å². The monoisotopic (exact) mass is 296 g/mol. The fraction of sp³-hybridized carbons (Fsp3) is 0.462. The second-order valence-electron chi connectivity index (χ2n) is 4.54. The molecule has 0 aromatic heterocycles. The molecule has 0 saturated carbocycles. The Morgan fingerprint density at radius 3 is 2.76 bits per heavy atom. The summed E-state index contributed by atoms with van der Waals surface area (Å²) in [4.78, 5) is 14.1. The first-order valence-corrected chi connectivity index (χ1v) is 6.70. The fourth-order valence-electron chi connectivity index (χ4n) is 2.20. The van der Waals surface area contributed by atoms with Crippen molar-refractivity contribution in [1.82, 2.24) is 4.90 Å². The average molecular weight is 297 g/mol. The van der Waals surface area contributed by atoms with Crippen LogP contribution in [-0.4, -0.2) is 30.4 Å². The summed E-state index contributed by atoms with van der Waals surface area (Å²) in [5.74, 6) is 0.103. The van der Waals surface area contributed by atoms with Gasteiger partial charge in [0.2, 0.25) is 5.91 Å². The minimum absolute atomic E-state index is 0.103. The van der Waals surface area contributed by atoms with Gasteiger partial charge in [0.25, 0.3) is 0 Å². The van der Waals surface area contributed by atoms with Gasteiger partial charge in [-0.15, -0.1) is 0 Å². The first kappa shape index (κ1) is 12.6. The zero-order chi connectivity index (χ0) is 12.3. The van der Waals surface area contributed by atoms with Crippen molar-refractivity contribution in [2.45, 2.75) is 25.3 Å². The summed E-state index contributed by atoms with van der Waals surface area (Å²) in [6.07, 6.45) is 2.92. The van der Waals surface area contributed by atoms with E-state index in [1.54, 1.807) is 0 Å². The quantitative estimate of drug-likeness (QED) is 0.930. The number of benzene rings is 1. The van der Waals surface area contributed by atoms with E-state index in [0.29, 0.717) is 12.5 Å². The molecule has 1 amide bonds. The van der Waals surface area contributed by atoms with Gasteiger partial charge in [0.15, 0.2) is 0 Å². The van der Waals surface area contributed by atoms with Crippen molar-refractivity contribution in [2.24, 2.45) is 0 Å². The zero-order valence-electron chi connectivity index (χ0n) is 9.95. The van der Waals surface area contributed by atoms with E-state index in [4.69, 9.17) is 0 Å². The molecule has 0 radical (unpaired) electrons. The Kier molecular flexibility index (Phi) is 4.18. The Hall–Kier alpha value is -0.870. The van der Waals surface area contributed by atoms with E-state index in [1.165, 1.54) is 6.42 Å². The Balaban J connectivity index is 1.86. The molecule has 1 fully saturated rings. The van der Waals surface area contributed by atoms with Gasteiger partial charge < -0.3 is 10.2 Å². The van der Waals surface area contributed by atoms with Crippen LogP contribution < -0.4 is 5.32 Å². The van der Waals surface area contributed by atoms with Crippen molar-refractivity contribution in [3.63, 3.8) is 0 Å². The predicted octanol–water partition coefficient (Wildman–Crippen LogP) is 2.87. The van der Waals surface area contributed by atoms with E-state index in [0.717, 1.165) is 23.1 Å². The molecule has 2 rings (SSSR count). The van der Waals surface area contributed by atoms with Gasteiger partial charge in [0, 0.05) is 22.6 Å². The second-order valence-corrected chi connectivity index (χ2v) is 5.45. The normalized spacial score (nSPS) is 20.5. The molecule has 1 heterocycles. The van der Waals surface area contributed by atoms with Crippen molar-refractivity contribution in [3.8, 4) is 0 Å². The van der Waals surface area contributed by atoms with Gasteiger partial charge in [-0.1, -0.05) is 15.9 Å². The molecule has 0 aliphatic carbocycles. The predicted molar refractivity (Wildman–Crippen MR) is 73.0 cm³/mol. The number of carbonyl (C=O) groups excluding carboxylic acids is 1. The number of rotatable bonds is 3. The number of amides is 1. The Morgan fingerprint density at radius 2 is 2.18 bits per heavy atom. The van der Waals surface area contributed by atoms with Crippen LogP contribution >= 0.6 is 15.9 Å². The number of likely N-dealkylation sites (tertiary alicyclic amines) is 1. The van der Waals surface area contributed by atoms with Gasteiger partial charge >= 0.3 is 0 Å². The maximum Gasteiger partial charge on any atom is 0.225 e. The molecule has 1 saturated heterocycles. The van der Waals surface area contributed by atoms with Crippen LogP contribution in [0.4, 0.5) is 5.69 Å². The number of anilines is 1. The highest BCUT2D eigenvalue weighted by Gasteiger charge is 2.23. The molecule has 1 unspecified atom stereocenters. The minimum atomic E-state index is 0.103. The maximum absolute atomic E-state index is 11.8. The molecular formula is C13H17BrN2O. The van der Waals surface area contributed by atoms with Gasteiger partial charge in [-0.05, 0) is 50.7 Å². The van der Waals surface area contributed by atoms with Gasteiger partial charge in [-0.2, -0.15) is 0 Å². The van der Waals surface area contributed by atoms with Crippen LogP contribution in [0.3, 0.4) is 0 Å². The summed E-state index contributed by atoms with van der Waals surface area (Å²) < 4.78 is 1.02. The molecule has 3 nitrogen and oxygen atoms in total. The fourth-order valence-corrected chi connectivity index (χ4v) is 2.46. The molecule has 1 aromatic carbocycles. The standard InChI is InChI=1S/C13H17BrN2O/c1-16-8-2-3-12(16)9-13(17)15-11-6-4-10(14)5-7-11/h4-7,12H,2-3,8-9H2,1H3,(H,15,17). The van der Waals surface area contributed by atoms with Crippen LogP contribution in [0.2, 0.25) is 0 Å². The molecule has 4 heteroatoms. The molecule has 17 heavy (non-hydrogen) atoms. The summed E-state index contributed by atoms with van der Waals surface area (Å²) in [6.45, 7) is 1.11. The lowest BCUT2D eigenvalue weighted by Crippen LogP contribution is -2.29. The number of halogens is 1.